The van der Waals surface area contributed by atoms with Crippen LogP contribution in [-0.2, 0) is 6.61 Å². The van der Waals surface area contributed by atoms with Gasteiger partial charge in [-0.25, -0.2) is 4.98 Å². The number of rotatable bonds is 7. The van der Waals surface area contributed by atoms with E-state index in [2.05, 4.69) is 15.6 Å². The number of aromatic nitrogens is 1. The van der Waals surface area contributed by atoms with Crippen LogP contribution in [0.5, 0.6) is 5.75 Å². The number of halogens is 2. The fourth-order valence-electron chi connectivity index (χ4n) is 3.87. The average molecular weight is 518 g/mol. The standard InChI is InChI=1S/C25H25Cl2N3O3S/c1-15-6-9-17(10-7-15)33-13-23-28-22(14-34-23)25(32)30-21-5-3-2-4-20(21)29-24(31)16-8-11-18(26)19(27)12-16/h6-12,14,20-21H,2-5,13H2,1H3,(H,29,31)(H,30,32)/t20-,21-/m1/s1. The summed E-state index contributed by atoms with van der Waals surface area (Å²) >= 11 is 13.4. The summed E-state index contributed by atoms with van der Waals surface area (Å²) in [5.74, 6) is 0.266. The summed E-state index contributed by atoms with van der Waals surface area (Å²) in [6, 6.07) is 12.2. The van der Waals surface area contributed by atoms with Crippen LogP contribution in [0.1, 0.15) is 57.1 Å². The molecule has 0 saturated heterocycles. The molecule has 6 nitrogen and oxygen atoms in total. The molecular formula is C25H25Cl2N3O3S. The van der Waals surface area contributed by atoms with Crippen LogP contribution in [0, 0.1) is 6.92 Å². The van der Waals surface area contributed by atoms with E-state index in [1.54, 1.807) is 23.6 Å². The van der Waals surface area contributed by atoms with E-state index in [0.29, 0.717) is 27.9 Å². The Morgan fingerprint density at radius 1 is 1.00 bits per heavy atom. The van der Waals surface area contributed by atoms with Gasteiger partial charge in [0, 0.05) is 23.0 Å². The second-order valence-electron chi connectivity index (χ2n) is 8.30. The maximum atomic E-state index is 12.9. The molecule has 0 aliphatic heterocycles. The van der Waals surface area contributed by atoms with Gasteiger partial charge in [0.05, 0.1) is 10.0 Å². The van der Waals surface area contributed by atoms with Gasteiger partial charge in [0.1, 0.15) is 23.1 Å². The van der Waals surface area contributed by atoms with E-state index in [4.69, 9.17) is 27.9 Å². The van der Waals surface area contributed by atoms with E-state index in [9.17, 15) is 9.59 Å². The van der Waals surface area contributed by atoms with Crippen molar-refractivity contribution in [2.45, 2.75) is 51.3 Å². The normalized spacial score (nSPS) is 17.7. The molecule has 0 spiro atoms. The van der Waals surface area contributed by atoms with Gasteiger partial charge in [0.25, 0.3) is 11.8 Å². The van der Waals surface area contributed by atoms with Crippen LogP contribution in [0.25, 0.3) is 0 Å². The number of nitrogens with zero attached hydrogens (tertiary/aromatic N) is 1. The molecule has 2 N–H and O–H groups in total. The molecule has 2 aromatic carbocycles. The number of amides is 2. The predicted octanol–water partition coefficient (Wildman–Crippen LogP) is 5.81. The summed E-state index contributed by atoms with van der Waals surface area (Å²) in [7, 11) is 0. The van der Waals surface area contributed by atoms with Crippen LogP contribution >= 0.6 is 34.5 Å². The van der Waals surface area contributed by atoms with Crippen molar-refractivity contribution < 1.29 is 14.3 Å². The number of hydrogen-bond donors (Lipinski definition) is 2. The Morgan fingerprint density at radius 2 is 1.68 bits per heavy atom. The van der Waals surface area contributed by atoms with Crippen molar-refractivity contribution in [2.24, 2.45) is 0 Å². The molecule has 4 rings (SSSR count). The smallest absolute Gasteiger partial charge is 0.271 e. The first kappa shape index (κ1) is 24.5. The van der Waals surface area contributed by atoms with Gasteiger partial charge in [-0.1, -0.05) is 53.7 Å². The molecule has 3 aromatic rings. The number of nitrogens with one attached hydrogen (secondary N) is 2. The third-order valence-electron chi connectivity index (χ3n) is 5.75. The van der Waals surface area contributed by atoms with Crippen molar-refractivity contribution >= 4 is 46.4 Å². The van der Waals surface area contributed by atoms with Crippen LogP contribution < -0.4 is 15.4 Å². The number of hydrogen-bond acceptors (Lipinski definition) is 5. The Bertz CT molecular complexity index is 1170. The van der Waals surface area contributed by atoms with E-state index in [-0.39, 0.29) is 23.9 Å². The molecule has 178 valence electrons. The molecule has 2 atom stereocenters. The second kappa shape index (κ2) is 11.2. The quantitative estimate of drug-likeness (QED) is 0.414. The summed E-state index contributed by atoms with van der Waals surface area (Å²) in [6.07, 6.45) is 3.53. The van der Waals surface area contributed by atoms with Crippen LogP contribution in [0.2, 0.25) is 10.0 Å². The van der Waals surface area contributed by atoms with Gasteiger partial charge in [-0.05, 0) is 50.1 Å². The molecule has 0 unspecified atom stereocenters. The fraction of sp³-hybridized carbons (Fsp3) is 0.320. The second-order valence-corrected chi connectivity index (χ2v) is 10.1. The van der Waals surface area contributed by atoms with Crippen LogP contribution in [0.4, 0.5) is 0 Å². The first-order valence-corrected chi connectivity index (χ1v) is 12.7. The minimum atomic E-state index is -0.251. The van der Waals surface area contributed by atoms with E-state index < -0.39 is 0 Å². The van der Waals surface area contributed by atoms with Gasteiger partial charge in [0.2, 0.25) is 0 Å². The van der Waals surface area contributed by atoms with Gasteiger partial charge in [-0.15, -0.1) is 11.3 Å². The Hall–Kier alpha value is -2.61. The van der Waals surface area contributed by atoms with Gasteiger partial charge in [0.15, 0.2) is 0 Å². The molecule has 1 aliphatic rings. The van der Waals surface area contributed by atoms with Crippen LogP contribution in [0.15, 0.2) is 47.8 Å². The molecule has 0 bridgehead atoms. The van der Waals surface area contributed by atoms with E-state index in [1.165, 1.54) is 11.3 Å². The summed E-state index contributed by atoms with van der Waals surface area (Å²) in [6.45, 7) is 2.32. The zero-order chi connectivity index (χ0) is 24.1. The third kappa shape index (κ3) is 6.29. The molecular weight excluding hydrogens is 493 g/mol. The minimum absolute atomic E-state index is 0.178. The summed E-state index contributed by atoms with van der Waals surface area (Å²) in [5.41, 5.74) is 1.95. The van der Waals surface area contributed by atoms with Gasteiger partial charge >= 0.3 is 0 Å². The topological polar surface area (TPSA) is 80.3 Å². The number of carbonyl (C=O) groups is 2. The zero-order valence-corrected chi connectivity index (χ0v) is 21.0. The molecule has 1 aliphatic carbocycles. The molecule has 0 radical (unpaired) electrons. The average Bonchev–Trinajstić information content (AvgIpc) is 3.31. The van der Waals surface area contributed by atoms with Gasteiger partial charge in [-0.3, -0.25) is 9.59 Å². The van der Waals surface area contributed by atoms with Crippen LogP contribution in [0.3, 0.4) is 0 Å². The molecule has 9 heteroatoms. The number of thiazole rings is 1. The monoisotopic (exact) mass is 517 g/mol. The number of ether oxygens (including phenoxy) is 1. The molecule has 34 heavy (non-hydrogen) atoms. The molecule has 1 aromatic heterocycles. The summed E-state index contributed by atoms with van der Waals surface area (Å²) in [5, 5.41) is 9.28. The fourth-order valence-corrected chi connectivity index (χ4v) is 4.85. The maximum Gasteiger partial charge on any atom is 0.271 e. The van der Waals surface area contributed by atoms with Crippen molar-refractivity contribution in [1.29, 1.82) is 0 Å². The Kier molecular flexibility index (Phi) is 8.08. The maximum absolute atomic E-state index is 12.9. The van der Waals surface area contributed by atoms with E-state index in [1.807, 2.05) is 31.2 Å². The third-order valence-corrected chi connectivity index (χ3v) is 7.31. The van der Waals surface area contributed by atoms with Crippen molar-refractivity contribution in [3.8, 4) is 5.75 Å². The van der Waals surface area contributed by atoms with E-state index >= 15 is 0 Å². The highest BCUT2D eigenvalue weighted by Crippen LogP contribution is 2.24. The first-order chi connectivity index (χ1) is 16.4. The molecule has 2 amide bonds. The predicted molar refractivity (Wildman–Crippen MR) is 135 cm³/mol. The van der Waals surface area contributed by atoms with E-state index in [0.717, 1.165) is 42.0 Å². The SMILES string of the molecule is Cc1ccc(OCc2nc(C(=O)N[C@@H]3CCCC[C@H]3NC(=O)c3ccc(Cl)c(Cl)c3)cs2)cc1. The highest BCUT2D eigenvalue weighted by Gasteiger charge is 2.29. The summed E-state index contributed by atoms with van der Waals surface area (Å²) in [4.78, 5) is 30.0. The Balaban J connectivity index is 1.34. The van der Waals surface area contributed by atoms with Crippen molar-refractivity contribution in [3.05, 3.63) is 79.7 Å². The minimum Gasteiger partial charge on any atom is -0.486 e. The number of carbonyl (C=O) groups excluding carboxylic acids is 2. The number of aryl methyl sites for hydroxylation is 1. The van der Waals surface area contributed by atoms with Crippen molar-refractivity contribution in [1.82, 2.24) is 15.6 Å². The highest BCUT2D eigenvalue weighted by atomic mass is 35.5. The van der Waals surface area contributed by atoms with Crippen LogP contribution in [-0.4, -0.2) is 28.9 Å². The lowest BCUT2D eigenvalue weighted by atomic mass is 9.90. The van der Waals surface area contributed by atoms with Gasteiger partial charge in [-0.2, -0.15) is 0 Å². The molecule has 1 saturated carbocycles. The largest absolute Gasteiger partial charge is 0.486 e. The lowest BCUT2D eigenvalue weighted by molar-refractivity contribution is 0.0860. The number of benzene rings is 2. The van der Waals surface area contributed by atoms with Crippen molar-refractivity contribution in [3.63, 3.8) is 0 Å². The van der Waals surface area contributed by atoms with Crippen molar-refractivity contribution in [2.75, 3.05) is 0 Å². The highest BCUT2D eigenvalue weighted by molar-refractivity contribution is 7.09. The molecule has 1 fully saturated rings. The zero-order valence-electron chi connectivity index (χ0n) is 18.6. The lowest BCUT2D eigenvalue weighted by Gasteiger charge is -2.32. The Morgan fingerprint density at radius 3 is 2.35 bits per heavy atom. The lowest BCUT2D eigenvalue weighted by Crippen LogP contribution is -2.53. The Labute approximate surface area is 212 Å². The first-order valence-electron chi connectivity index (χ1n) is 11.1. The molecule has 1 heterocycles. The summed E-state index contributed by atoms with van der Waals surface area (Å²) < 4.78 is 5.76. The van der Waals surface area contributed by atoms with Gasteiger partial charge < -0.3 is 15.4 Å².